The van der Waals surface area contributed by atoms with Crippen molar-refractivity contribution in [1.82, 2.24) is 19.7 Å². The van der Waals surface area contributed by atoms with Gasteiger partial charge in [-0.1, -0.05) is 5.16 Å². The van der Waals surface area contributed by atoms with E-state index < -0.39 is 0 Å². The van der Waals surface area contributed by atoms with E-state index in [-0.39, 0.29) is 5.82 Å². The number of nitrogens with zero attached hydrogens (tertiary/aromatic N) is 4. The van der Waals surface area contributed by atoms with Crippen LogP contribution in [0.25, 0.3) is 11.0 Å². The van der Waals surface area contributed by atoms with Crippen LogP contribution in [-0.2, 0) is 13.0 Å². The molecule has 0 radical (unpaired) electrons. The Bertz CT molecular complexity index is 752. The van der Waals surface area contributed by atoms with Gasteiger partial charge in [-0.2, -0.15) is 4.98 Å². The highest BCUT2D eigenvalue weighted by atomic mass is 35.5. The Labute approximate surface area is 119 Å². The van der Waals surface area contributed by atoms with Crippen molar-refractivity contribution in [3.05, 3.63) is 41.6 Å². The van der Waals surface area contributed by atoms with Gasteiger partial charge in [0.2, 0.25) is 5.89 Å². The first kappa shape index (κ1) is 13.1. The second kappa shape index (κ2) is 5.20. The number of aromatic nitrogens is 4. The van der Waals surface area contributed by atoms with Gasteiger partial charge in [0.1, 0.15) is 18.2 Å². The third-order valence-electron chi connectivity index (χ3n) is 2.97. The molecule has 0 bridgehead atoms. The molecule has 0 unspecified atom stereocenters. The minimum absolute atomic E-state index is 0.312. The number of benzene rings is 1. The van der Waals surface area contributed by atoms with E-state index in [4.69, 9.17) is 16.1 Å². The smallest absolute Gasteiger partial charge is 0.246 e. The summed E-state index contributed by atoms with van der Waals surface area (Å²) in [5.74, 6) is 1.97. The van der Waals surface area contributed by atoms with Crippen molar-refractivity contribution in [3.8, 4) is 0 Å². The Morgan fingerprint density at radius 2 is 2.20 bits per heavy atom. The highest BCUT2D eigenvalue weighted by Gasteiger charge is 2.14. The van der Waals surface area contributed by atoms with Crippen LogP contribution in [0.5, 0.6) is 0 Å². The summed E-state index contributed by atoms with van der Waals surface area (Å²) in [5.41, 5.74) is 1.42. The summed E-state index contributed by atoms with van der Waals surface area (Å²) >= 11 is 5.80. The Balaban J connectivity index is 2.08. The Morgan fingerprint density at radius 1 is 1.35 bits per heavy atom. The van der Waals surface area contributed by atoms with Gasteiger partial charge >= 0.3 is 0 Å². The summed E-state index contributed by atoms with van der Waals surface area (Å²) in [6.07, 6.45) is 0.588. The van der Waals surface area contributed by atoms with Gasteiger partial charge in [0.25, 0.3) is 0 Å². The summed E-state index contributed by atoms with van der Waals surface area (Å²) in [4.78, 5) is 8.59. The zero-order chi connectivity index (χ0) is 14.1. The third kappa shape index (κ3) is 2.38. The predicted octanol–water partition coefficient (Wildman–Crippen LogP) is 2.70. The molecule has 104 valence electrons. The quantitative estimate of drug-likeness (QED) is 0.694. The molecule has 7 heteroatoms. The summed E-state index contributed by atoms with van der Waals surface area (Å²) in [6.45, 7) is 2.16. The van der Waals surface area contributed by atoms with Crippen LogP contribution in [0.2, 0.25) is 0 Å². The van der Waals surface area contributed by atoms with Crippen LogP contribution in [0.4, 0.5) is 4.39 Å². The molecule has 0 fully saturated rings. The van der Waals surface area contributed by atoms with Crippen molar-refractivity contribution in [3.63, 3.8) is 0 Å². The van der Waals surface area contributed by atoms with Crippen molar-refractivity contribution in [2.45, 2.75) is 19.9 Å². The van der Waals surface area contributed by atoms with Crippen molar-refractivity contribution < 1.29 is 8.91 Å². The normalized spacial score (nSPS) is 11.3. The SMILES string of the molecule is Cc1noc(Cn2c(CCCl)nc3cc(F)ccc32)n1. The predicted molar refractivity (Wildman–Crippen MR) is 72.3 cm³/mol. The molecule has 3 aromatic rings. The fraction of sp³-hybridized carbons (Fsp3) is 0.308. The van der Waals surface area contributed by atoms with E-state index in [1.165, 1.54) is 12.1 Å². The van der Waals surface area contributed by atoms with E-state index in [1.807, 2.05) is 4.57 Å². The molecule has 0 saturated carbocycles. The van der Waals surface area contributed by atoms with Crippen LogP contribution >= 0.6 is 11.6 Å². The molecule has 3 rings (SSSR count). The molecular formula is C13H12ClFN4O. The lowest BCUT2D eigenvalue weighted by molar-refractivity contribution is 0.367. The number of hydrogen-bond acceptors (Lipinski definition) is 4. The maximum absolute atomic E-state index is 13.3. The highest BCUT2D eigenvalue weighted by molar-refractivity contribution is 6.17. The molecule has 2 aromatic heterocycles. The molecule has 0 saturated heterocycles. The maximum atomic E-state index is 13.3. The van der Waals surface area contributed by atoms with Crippen molar-refractivity contribution in [2.24, 2.45) is 0 Å². The minimum Gasteiger partial charge on any atom is -0.337 e. The molecule has 0 atom stereocenters. The second-order valence-corrected chi connectivity index (χ2v) is 4.80. The molecular weight excluding hydrogens is 283 g/mol. The van der Waals surface area contributed by atoms with Crippen LogP contribution < -0.4 is 0 Å². The number of alkyl halides is 1. The number of aryl methyl sites for hydroxylation is 2. The number of imidazole rings is 1. The second-order valence-electron chi connectivity index (χ2n) is 4.42. The molecule has 20 heavy (non-hydrogen) atoms. The summed E-state index contributed by atoms with van der Waals surface area (Å²) < 4.78 is 20.3. The average molecular weight is 295 g/mol. The third-order valence-corrected chi connectivity index (χ3v) is 3.16. The maximum Gasteiger partial charge on any atom is 0.246 e. The monoisotopic (exact) mass is 294 g/mol. The van der Waals surface area contributed by atoms with E-state index in [0.29, 0.717) is 36.1 Å². The summed E-state index contributed by atoms with van der Waals surface area (Å²) in [5, 5.41) is 3.76. The van der Waals surface area contributed by atoms with E-state index >= 15 is 0 Å². The van der Waals surface area contributed by atoms with Crippen molar-refractivity contribution in [2.75, 3.05) is 5.88 Å². The van der Waals surface area contributed by atoms with Crippen LogP contribution in [0.15, 0.2) is 22.7 Å². The van der Waals surface area contributed by atoms with Gasteiger partial charge < -0.3 is 9.09 Å². The number of halogens is 2. The Kier molecular flexibility index (Phi) is 3.40. The van der Waals surface area contributed by atoms with E-state index in [0.717, 1.165) is 11.3 Å². The van der Waals surface area contributed by atoms with Gasteiger partial charge in [-0.3, -0.25) is 0 Å². The van der Waals surface area contributed by atoms with Gasteiger partial charge in [-0.25, -0.2) is 9.37 Å². The molecule has 0 N–H and O–H groups in total. The average Bonchev–Trinajstić information content (AvgIpc) is 2.95. The lowest BCUT2D eigenvalue weighted by atomic mass is 10.3. The molecule has 0 spiro atoms. The molecule has 0 aliphatic rings. The van der Waals surface area contributed by atoms with Crippen molar-refractivity contribution >= 4 is 22.6 Å². The Morgan fingerprint density at radius 3 is 2.90 bits per heavy atom. The standard InChI is InChI=1S/C13H12ClFN4O/c1-8-16-13(20-18-8)7-19-11-3-2-9(15)6-10(11)17-12(19)4-5-14/h2-3,6H,4-5,7H2,1H3. The lowest BCUT2D eigenvalue weighted by Gasteiger charge is -2.05. The summed E-state index contributed by atoms with van der Waals surface area (Å²) in [7, 11) is 0. The zero-order valence-electron chi connectivity index (χ0n) is 10.8. The van der Waals surface area contributed by atoms with E-state index in [1.54, 1.807) is 13.0 Å². The number of hydrogen-bond donors (Lipinski definition) is 0. The first-order chi connectivity index (χ1) is 9.67. The Hall–Kier alpha value is -1.95. The molecule has 0 aliphatic carbocycles. The molecule has 5 nitrogen and oxygen atoms in total. The van der Waals surface area contributed by atoms with Gasteiger partial charge in [-0.15, -0.1) is 11.6 Å². The topological polar surface area (TPSA) is 56.7 Å². The van der Waals surface area contributed by atoms with Crippen molar-refractivity contribution in [1.29, 1.82) is 0 Å². The van der Waals surface area contributed by atoms with Crippen LogP contribution in [0, 0.1) is 12.7 Å². The summed E-state index contributed by atoms with van der Waals surface area (Å²) in [6, 6.07) is 4.51. The van der Waals surface area contributed by atoms with E-state index in [9.17, 15) is 4.39 Å². The number of fused-ring (bicyclic) bond motifs is 1. The van der Waals surface area contributed by atoms with Gasteiger partial charge in [0.15, 0.2) is 5.82 Å². The largest absolute Gasteiger partial charge is 0.337 e. The lowest BCUT2D eigenvalue weighted by Crippen LogP contribution is -2.06. The van der Waals surface area contributed by atoms with Crippen LogP contribution in [0.3, 0.4) is 0 Å². The van der Waals surface area contributed by atoms with Crippen LogP contribution in [-0.4, -0.2) is 25.6 Å². The van der Waals surface area contributed by atoms with E-state index in [2.05, 4.69) is 15.1 Å². The molecule has 0 aliphatic heterocycles. The molecule has 0 amide bonds. The highest BCUT2D eigenvalue weighted by Crippen LogP contribution is 2.19. The first-order valence-corrected chi connectivity index (χ1v) is 6.70. The molecule has 1 aromatic carbocycles. The zero-order valence-corrected chi connectivity index (χ0v) is 11.6. The van der Waals surface area contributed by atoms with Gasteiger partial charge in [0, 0.05) is 18.4 Å². The van der Waals surface area contributed by atoms with Crippen LogP contribution in [0.1, 0.15) is 17.5 Å². The fourth-order valence-electron chi connectivity index (χ4n) is 2.14. The van der Waals surface area contributed by atoms with Gasteiger partial charge in [0.05, 0.1) is 11.0 Å². The number of rotatable bonds is 4. The first-order valence-electron chi connectivity index (χ1n) is 6.17. The molecule has 2 heterocycles. The fourth-order valence-corrected chi connectivity index (χ4v) is 2.31. The minimum atomic E-state index is -0.312. The van der Waals surface area contributed by atoms with Gasteiger partial charge in [-0.05, 0) is 19.1 Å².